The van der Waals surface area contributed by atoms with Gasteiger partial charge in [0.25, 0.3) is 11.8 Å². The molecular weight excluding hydrogens is 419 g/mol. The molecule has 3 aromatic carbocycles. The van der Waals surface area contributed by atoms with Gasteiger partial charge in [0.15, 0.2) is 0 Å². The van der Waals surface area contributed by atoms with Crippen LogP contribution in [0.4, 0.5) is 15.8 Å². The van der Waals surface area contributed by atoms with Crippen molar-refractivity contribution < 1.29 is 18.7 Å². The molecule has 1 N–H and O–H groups in total. The molecule has 0 fully saturated rings. The van der Waals surface area contributed by atoms with Crippen LogP contribution >= 0.6 is 11.6 Å². The maximum absolute atomic E-state index is 13.4. The number of amides is 2. The van der Waals surface area contributed by atoms with Crippen molar-refractivity contribution in [3.63, 3.8) is 0 Å². The molecule has 0 aromatic heterocycles. The summed E-state index contributed by atoms with van der Waals surface area (Å²) < 4.78 is 18.6. The van der Waals surface area contributed by atoms with E-state index < -0.39 is 17.6 Å². The van der Waals surface area contributed by atoms with Gasteiger partial charge >= 0.3 is 0 Å². The Morgan fingerprint density at radius 3 is 2.23 bits per heavy atom. The first-order valence-electron chi connectivity index (χ1n) is 9.45. The minimum Gasteiger partial charge on any atom is -0.497 e. The monoisotopic (exact) mass is 436 g/mol. The van der Waals surface area contributed by atoms with Crippen LogP contribution in [-0.2, 0) is 9.59 Å². The smallest absolute Gasteiger partial charge is 0.282 e. The van der Waals surface area contributed by atoms with Crippen molar-refractivity contribution in [2.45, 2.75) is 6.92 Å². The Balaban J connectivity index is 1.82. The number of benzene rings is 3. The van der Waals surface area contributed by atoms with E-state index >= 15 is 0 Å². The first-order valence-corrected chi connectivity index (χ1v) is 9.83. The number of hydrogen-bond acceptors (Lipinski definition) is 4. The van der Waals surface area contributed by atoms with Crippen LogP contribution in [0.5, 0.6) is 5.75 Å². The summed E-state index contributed by atoms with van der Waals surface area (Å²) in [6, 6.07) is 17.3. The molecule has 0 bridgehead atoms. The molecule has 0 saturated carbocycles. The Hall–Kier alpha value is -3.64. The number of hydrogen-bond donors (Lipinski definition) is 1. The number of aryl methyl sites for hydroxylation is 1. The van der Waals surface area contributed by atoms with E-state index in [9.17, 15) is 14.0 Å². The molecule has 4 rings (SSSR count). The van der Waals surface area contributed by atoms with E-state index in [1.54, 1.807) is 49.6 Å². The van der Waals surface area contributed by atoms with Crippen LogP contribution in [0.1, 0.15) is 11.1 Å². The van der Waals surface area contributed by atoms with E-state index in [2.05, 4.69) is 5.32 Å². The van der Waals surface area contributed by atoms with Gasteiger partial charge in [0, 0.05) is 10.7 Å². The lowest BCUT2D eigenvalue weighted by Crippen LogP contribution is -2.32. The third kappa shape index (κ3) is 3.90. The topological polar surface area (TPSA) is 58.6 Å². The molecule has 0 spiro atoms. The average Bonchev–Trinajstić information content (AvgIpc) is 3.00. The average molecular weight is 437 g/mol. The van der Waals surface area contributed by atoms with Gasteiger partial charge in [0.2, 0.25) is 0 Å². The minimum atomic E-state index is -0.531. The minimum absolute atomic E-state index is 0.130. The zero-order valence-corrected chi connectivity index (χ0v) is 17.5. The van der Waals surface area contributed by atoms with Crippen molar-refractivity contribution in [3.05, 3.63) is 94.4 Å². The van der Waals surface area contributed by atoms with Crippen LogP contribution in [0.3, 0.4) is 0 Å². The summed E-state index contributed by atoms with van der Waals surface area (Å²) in [5.41, 5.74) is 2.64. The second-order valence-corrected chi connectivity index (χ2v) is 7.42. The summed E-state index contributed by atoms with van der Waals surface area (Å²) in [5, 5.41) is 3.67. The fourth-order valence-electron chi connectivity index (χ4n) is 3.40. The number of carbonyl (C=O) groups is 2. The maximum Gasteiger partial charge on any atom is 0.282 e. The number of nitrogens with one attached hydrogen (secondary N) is 1. The molecule has 0 aliphatic carbocycles. The van der Waals surface area contributed by atoms with Crippen molar-refractivity contribution in [3.8, 4) is 5.75 Å². The molecule has 0 saturated heterocycles. The largest absolute Gasteiger partial charge is 0.497 e. The number of imide groups is 1. The summed E-state index contributed by atoms with van der Waals surface area (Å²) in [7, 11) is 1.55. The lowest BCUT2D eigenvalue weighted by molar-refractivity contribution is -0.120. The predicted molar refractivity (Wildman–Crippen MR) is 119 cm³/mol. The summed E-state index contributed by atoms with van der Waals surface area (Å²) in [6.45, 7) is 1.85. The molecule has 0 radical (unpaired) electrons. The van der Waals surface area contributed by atoms with Crippen LogP contribution in [-0.4, -0.2) is 18.9 Å². The fraction of sp³-hybridized carbons (Fsp3) is 0.0833. The number of halogens is 2. The number of anilines is 2. The molecule has 1 aliphatic heterocycles. The Kier molecular flexibility index (Phi) is 5.48. The highest BCUT2D eigenvalue weighted by molar-refractivity contribution is 6.46. The first kappa shape index (κ1) is 20.6. The molecule has 5 nitrogen and oxygen atoms in total. The number of ether oxygens (including phenoxy) is 1. The fourth-order valence-corrected chi connectivity index (χ4v) is 3.62. The van der Waals surface area contributed by atoms with Gasteiger partial charge in [-0.05, 0) is 72.6 Å². The molecule has 7 heteroatoms. The third-order valence-corrected chi connectivity index (χ3v) is 5.23. The molecule has 156 valence electrons. The number of rotatable bonds is 5. The van der Waals surface area contributed by atoms with Gasteiger partial charge in [-0.25, -0.2) is 9.29 Å². The van der Waals surface area contributed by atoms with Crippen molar-refractivity contribution in [1.82, 2.24) is 0 Å². The van der Waals surface area contributed by atoms with Gasteiger partial charge in [0.05, 0.1) is 18.4 Å². The van der Waals surface area contributed by atoms with E-state index in [4.69, 9.17) is 16.3 Å². The van der Waals surface area contributed by atoms with Gasteiger partial charge in [-0.2, -0.15) is 0 Å². The second-order valence-electron chi connectivity index (χ2n) is 6.98. The quantitative estimate of drug-likeness (QED) is 0.559. The molecule has 1 heterocycles. The van der Waals surface area contributed by atoms with E-state index in [-0.39, 0.29) is 17.0 Å². The maximum atomic E-state index is 13.4. The molecule has 2 amide bonds. The van der Waals surface area contributed by atoms with E-state index in [1.165, 1.54) is 24.3 Å². The highest BCUT2D eigenvalue weighted by Gasteiger charge is 2.40. The summed E-state index contributed by atoms with van der Waals surface area (Å²) in [6.07, 6.45) is 0. The lowest BCUT2D eigenvalue weighted by Gasteiger charge is -2.15. The lowest BCUT2D eigenvalue weighted by atomic mass is 10.0. The van der Waals surface area contributed by atoms with Crippen LogP contribution in [0.15, 0.2) is 72.4 Å². The first-order chi connectivity index (χ1) is 14.9. The number of nitrogens with zero attached hydrogens (tertiary/aromatic N) is 1. The van der Waals surface area contributed by atoms with Crippen LogP contribution in [0.25, 0.3) is 5.57 Å². The zero-order valence-electron chi connectivity index (χ0n) is 16.8. The third-order valence-electron chi connectivity index (χ3n) is 5.00. The highest BCUT2D eigenvalue weighted by atomic mass is 35.5. The van der Waals surface area contributed by atoms with Gasteiger partial charge in [-0.3, -0.25) is 9.59 Å². The SMILES string of the molecule is COc1ccc(C2=C(Nc3ccc(Cl)cc3C)C(=O)N(c3ccc(F)cc3)C2=O)cc1. The van der Waals surface area contributed by atoms with Gasteiger partial charge in [0.1, 0.15) is 17.3 Å². The highest BCUT2D eigenvalue weighted by Crippen LogP contribution is 2.35. The van der Waals surface area contributed by atoms with Crippen molar-refractivity contribution in [1.29, 1.82) is 0 Å². The predicted octanol–water partition coefficient (Wildman–Crippen LogP) is 5.19. The Morgan fingerprint density at radius 2 is 1.61 bits per heavy atom. The molecule has 31 heavy (non-hydrogen) atoms. The summed E-state index contributed by atoms with van der Waals surface area (Å²) in [5.74, 6) is -0.867. The van der Waals surface area contributed by atoms with E-state index in [0.717, 1.165) is 10.5 Å². The van der Waals surface area contributed by atoms with Crippen LogP contribution < -0.4 is 15.0 Å². The zero-order chi connectivity index (χ0) is 22.1. The normalized spacial score (nSPS) is 13.7. The van der Waals surface area contributed by atoms with E-state index in [1.807, 2.05) is 6.92 Å². The molecular formula is C24H18ClFN2O3. The Morgan fingerprint density at radius 1 is 0.935 bits per heavy atom. The Bertz CT molecular complexity index is 1200. The Labute approximate surface area is 183 Å². The molecule has 0 unspecified atom stereocenters. The molecule has 3 aromatic rings. The standard InChI is InChI=1S/C24H18ClFN2O3/c1-14-13-16(25)5-12-20(14)27-22-21(15-3-10-19(31-2)11-4-15)23(29)28(24(22)30)18-8-6-17(26)7-9-18/h3-13,27H,1-2H3. The number of methoxy groups -OCH3 is 1. The van der Waals surface area contributed by atoms with Crippen molar-refractivity contribution in [2.24, 2.45) is 0 Å². The van der Waals surface area contributed by atoms with Crippen LogP contribution in [0, 0.1) is 12.7 Å². The van der Waals surface area contributed by atoms with Crippen molar-refractivity contribution in [2.75, 3.05) is 17.3 Å². The van der Waals surface area contributed by atoms with Gasteiger partial charge < -0.3 is 10.1 Å². The number of carbonyl (C=O) groups excluding carboxylic acids is 2. The van der Waals surface area contributed by atoms with Gasteiger partial charge in [-0.1, -0.05) is 23.7 Å². The second kappa shape index (κ2) is 8.24. The van der Waals surface area contributed by atoms with Crippen LogP contribution in [0.2, 0.25) is 5.02 Å². The van der Waals surface area contributed by atoms with E-state index in [0.29, 0.717) is 22.0 Å². The summed E-state index contributed by atoms with van der Waals surface area (Å²) >= 11 is 6.04. The molecule has 0 atom stereocenters. The van der Waals surface area contributed by atoms with Gasteiger partial charge in [-0.15, -0.1) is 0 Å². The van der Waals surface area contributed by atoms with Crippen molar-refractivity contribution >= 4 is 40.4 Å². The summed E-state index contributed by atoms with van der Waals surface area (Å²) in [4.78, 5) is 27.7. The molecule has 1 aliphatic rings.